The van der Waals surface area contributed by atoms with Crippen molar-refractivity contribution in [1.29, 1.82) is 0 Å². The van der Waals surface area contributed by atoms with Gasteiger partial charge in [-0.25, -0.2) is 0 Å². The van der Waals surface area contributed by atoms with Crippen molar-refractivity contribution in [3.8, 4) is 0 Å². The number of rotatable bonds is 10. The molecule has 0 unspecified atom stereocenters. The van der Waals surface area contributed by atoms with Gasteiger partial charge in [-0.3, -0.25) is 14.4 Å². The van der Waals surface area contributed by atoms with Crippen LogP contribution in [0.5, 0.6) is 0 Å². The van der Waals surface area contributed by atoms with Gasteiger partial charge in [0.15, 0.2) is 0 Å². The van der Waals surface area contributed by atoms with Crippen LogP contribution in [0.15, 0.2) is 23.1 Å². The summed E-state index contributed by atoms with van der Waals surface area (Å²) in [7, 11) is 0. The zero-order chi connectivity index (χ0) is 16.4. The molecule has 1 aromatic heterocycles. The van der Waals surface area contributed by atoms with Crippen LogP contribution in [0.2, 0.25) is 0 Å². The van der Waals surface area contributed by atoms with Gasteiger partial charge in [-0.1, -0.05) is 12.5 Å². The maximum Gasteiger partial charge on any atom is 0.303 e. The molecule has 1 amide bonds. The molecule has 2 N–H and O–H groups in total. The van der Waals surface area contributed by atoms with Crippen LogP contribution >= 0.6 is 0 Å². The number of aromatic nitrogens is 1. The maximum atomic E-state index is 11.8. The van der Waals surface area contributed by atoms with Crippen LogP contribution in [-0.4, -0.2) is 28.1 Å². The third-order valence-corrected chi connectivity index (χ3v) is 3.40. The molecule has 0 saturated heterocycles. The van der Waals surface area contributed by atoms with Crippen molar-refractivity contribution in [2.24, 2.45) is 0 Å². The molecule has 0 atom stereocenters. The highest BCUT2D eigenvalue weighted by atomic mass is 16.4. The molecule has 0 bridgehead atoms. The Hall–Kier alpha value is -2.11. The smallest absolute Gasteiger partial charge is 0.303 e. The Morgan fingerprint density at radius 1 is 1.18 bits per heavy atom. The fourth-order valence-electron chi connectivity index (χ4n) is 2.14. The molecule has 0 aliphatic rings. The molecule has 6 heteroatoms. The van der Waals surface area contributed by atoms with E-state index in [2.05, 4.69) is 5.32 Å². The fraction of sp³-hybridized carbons (Fsp3) is 0.562. The number of hydrogen-bond acceptors (Lipinski definition) is 3. The lowest BCUT2D eigenvalue weighted by molar-refractivity contribution is -0.137. The minimum absolute atomic E-state index is 0.0126. The zero-order valence-corrected chi connectivity index (χ0v) is 13.0. The van der Waals surface area contributed by atoms with Crippen molar-refractivity contribution in [2.45, 2.75) is 52.0 Å². The average molecular weight is 308 g/mol. The molecule has 22 heavy (non-hydrogen) atoms. The third-order valence-electron chi connectivity index (χ3n) is 3.40. The number of hydrogen-bond donors (Lipinski definition) is 2. The molecule has 0 fully saturated rings. The molecule has 0 aromatic carbocycles. The van der Waals surface area contributed by atoms with Crippen molar-refractivity contribution in [3.05, 3.63) is 34.2 Å². The first-order valence-electron chi connectivity index (χ1n) is 7.65. The summed E-state index contributed by atoms with van der Waals surface area (Å²) in [4.78, 5) is 33.7. The predicted octanol–water partition coefficient (Wildman–Crippen LogP) is 1.70. The van der Waals surface area contributed by atoms with E-state index in [0.717, 1.165) is 12.8 Å². The Balaban J connectivity index is 2.12. The van der Waals surface area contributed by atoms with Crippen LogP contribution in [0.1, 0.15) is 44.1 Å². The summed E-state index contributed by atoms with van der Waals surface area (Å²) >= 11 is 0. The van der Waals surface area contributed by atoms with Gasteiger partial charge in [0.2, 0.25) is 5.91 Å². The first kappa shape index (κ1) is 17.9. The van der Waals surface area contributed by atoms with E-state index in [0.29, 0.717) is 37.9 Å². The number of nitrogens with zero attached hydrogens (tertiary/aromatic N) is 1. The lowest BCUT2D eigenvalue weighted by atomic mass is 10.2. The van der Waals surface area contributed by atoms with Gasteiger partial charge < -0.3 is 15.0 Å². The number of unbranched alkanes of at least 4 members (excludes halogenated alkanes) is 2. The molecule has 0 radical (unpaired) electrons. The van der Waals surface area contributed by atoms with Gasteiger partial charge in [0.05, 0.1) is 0 Å². The van der Waals surface area contributed by atoms with Crippen LogP contribution in [-0.2, 0) is 16.1 Å². The Bertz CT molecular complexity index is 551. The average Bonchev–Trinajstić information content (AvgIpc) is 2.47. The Labute approximate surface area is 130 Å². The number of carboxylic acids is 1. The quantitative estimate of drug-likeness (QED) is 0.644. The lowest BCUT2D eigenvalue weighted by Crippen LogP contribution is -2.26. The normalized spacial score (nSPS) is 10.4. The molecule has 6 nitrogen and oxygen atoms in total. The van der Waals surface area contributed by atoms with E-state index in [1.165, 1.54) is 0 Å². The highest BCUT2D eigenvalue weighted by molar-refractivity contribution is 5.75. The SMILES string of the molecule is Cc1cccn(CCCC(=O)NCCCCCC(=O)O)c1=O. The van der Waals surface area contributed by atoms with E-state index in [9.17, 15) is 14.4 Å². The summed E-state index contributed by atoms with van der Waals surface area (Å²) in [6.45, 7) is 2.88. The number of carbonyl (C=O) groups is 2. The van der Waals surface area contributed by atoms with E-state index in [-0.39, 0.29) is 17.9 Å². The van der Waals surface area contributed by atoms with Crippen LogP contribution < -0.4 is 10.9 Å². The molecule has 0 saturated carbocycles. The monoisotopic (exact) mass is 308 g/mol. The Kier molecular flexibility index (Phi) is 7.96. The largest absolute Gasteiger partial charge is 0.481 e. The highest BCUT2D eigenvalue weighted by Gasteiger charge is 2.03. The molecule has 1 rings (SSSR count). The molecule has 1 aromatic rings. The van der Waals surface area contributed by atoms with Crippen molar-refractivity contribution in [2.75, 3.05) is 6.54 Å². The number of amides is 1. The minimum Gasteiger partial charge on any atom is -0.481 e. The standard InChI is InChI=1S/C16H24N2O4/c1-13-7-5-11-18(16(13)22)12-6-8-14(19)17-10-4-2-3-9-15(20)21/h5,7,11H,2-4,6,8-10,12H2,1H3,(H,17,19)(H,20,21). The number of nitrogens with one attached hydrogen (secondary N) is 1. The number of aryl methyl sites for hydroxylation is 2. The van der Waals surface area contributed by atoms with Crippen LogP contribution in [0.25, 0.3) is 0 Å². The molecular weight excluding hydrogens is 284 g/mol. The first-order chi connectivity index (χ1) is 10.5. The fourth-order valence-corrected chi connectivity index (χ4v) is 2.14. The van der Waals surface area contributed by atoms with Gasteiger partial charge in [0.25, 0.3) is 5.56 Å². The topological polar surface area (TPSA) is 88.4 Å². The van der Waals surface area contributed by atoms with Gasteiger partial charge in [-0.2, -0.15) is 0 Å². The number of pyridine rings is 1. The molecule has 0 spiro atoms. The van der Waals surface area contributed by atoms with Crippen LogP contribution in [0, 0.1) is 6.92 Å². The van der Waals surface area contributed by atoms with Crippen LogP contribution in [0.4, 0.5) is 0 Å². The Morgan fingerprint density at radius 2 is 1.95 bits per heavy atom. The van der Waals surface area contributed by atoms with E-state index in [1.54, 1.807) is 23.8 Å². The summed E-state index contributed by atoms with van der Waals surface area (Å²) in [5.74, 6) is -0.811. The van der Waals surface area contributed by atoms with E-state index >= 15 is 0 Å². The van der Waals surface area contributed by atoms with Crippen molar-refractivity contribution < 1.29 is 14.7 Å². The number of carbonyl (C=O) groups excluding carboxylic acids is 1. The summed E-state index contributed by atoms with van der Waals surface area (Å²) in [5, 5.41) is 11.3. The van der Waals surface area contributed by atoms with Crippen molar-refractivity contribution >= 4 is 11.9 Å². The van der Waals surface area contributed by atoms with Gasteiger partial charge in [-0.05, 0) is 32.3 Å². The summed E-state index contributed by atoms with van der Waals surface area (Å²) in [6.07, 6.45) is 5.14. The summed E-state index contributed by atoms with van der Waals surface area (Å²) in [5.41, 5.74) is 0.689. The minimum atomic E-state index is -0.782. The molecule has 1 heterocycles. The second kappa shape index (κ2) is 9.76. The number of aliphatic carboxylic acids is 1. The summed E-state index contributed by atoms with van der Waals surface area (Å²) in [6, 6.07) is 3.60. The molecular formula is C16H24N2O4. The predicted molar refractivity (Wildman–Crippen MR) is 83.8 cm³/mol. The second-order valence-corrected chi connectivity index (χ2v) is 5.35. The lowest BCUT2D eigenvalue weighted by Gasteiger charge is -2.07. The first-order valence-corrected chi connectivity index (χ1v) is 7.65. The number of carboxylic acid groups (broad SMARTS) is 1. The van der Waals surface area contributed by atoms with E-state index in [1.807, 2.05) is 6.07 Å². The second-order valence-electron chi connectivity index (χ2n) is 5.35. The molecule has 122 valence electrons. The van der Waals surface area contributed by atoms with E-state index < -0.39 is 5.97 Å². The van der Waals surface area contributed by atoms with Gasteiger partial charge in [0.1, 0.15) is 0 Å². The van der Waals surface area contributed by atoms with Crippen molar-refractivity contribution in [1.82, 2.24) is 9.88 Å². The van der Waals surface area contributed by atoms with E-state index in [4.69, 9.17) is 5.11 Å². The highest BCUT2D eigenvalue weighted by Crippen LogP contribution is 1.99. The van der Waals surface area contributed by atoms with Gasteiger partial charge in [0, 0.05) is 37.7 Å². The molecule has 0 aliphatic heterocycles. The van der Waals surface area contributed by atoms with Gasteiger partial charge in [-0.15, -0.1) is 0 Å². The maximum absolute atomic E-state index is 11.8. The Morgan fingerprint density at radius 3 is 2.68 bits per heavy atom. The third kappa shape index (κ3) is 7.06. The van der Waals surface area contributed by atoms with Gasteiger partial charge >= 0.3 is 5.97 Å². The van der Waals surface area contributed by atoms with Crippen LogP contribution in [0.3, 0.4) is 0 Å². The van der Waals surface area contributed by atoms with Crippen molar-refractivity contribution in [3.63, 3.8) is 0 Å². The zero-order valence-electron chi connectivity index (χ0n) is 13.0. The summed E-state index contributed by atoms with van der Waals surface area (Å²) < 4.78 is 1.62. The molecule has 0 aliphatic carbocycles.